The summed E-state index contributed by atoms with van der Waals surface area (Å²) in [5.74, 6) is 1.27. The molecule has 2 heterocycles. The van der Waals surface area contributed by atoms with E-state index in [1.807, 2.05) is 12.1 Å². The molecule has 17 heavy (non-hydrogen) atoms. The van der Waals surface area contributed by atoms with E-state index in [-0.39, 0.29) is 5.75 Å². The van der Waals surface area contributed by atoms with Gasteiger partial charge in [-0.2, -0.15) is 0 Å². The summed E-state index contributed by atoms with van der Waals surface area (Å²) in [7, 11) is 0. The number of rotatable bonds is 1. The van der Waals surface area contributed by atoms with E-state index in [0.29, 0.717) is 0 Å². The summed E-state index contributed by atoms with van der Waals surface area (Å²) in [5, 5.41) is 11.6. The first kappa shape index (κ1) is 10.4. The minimum atomic E-state index is 0.289. The van der Waals surface area contributed by atoms with Crippen LogP contribution in [0.2, 0.25) is 0 Å². The van der Waals surface area contributed by atoms with Crippen LogP contribution in [0.15, 0.2) is 30.5 Å². The maximum Gasteiger partial charge on any atom is 0.136 e. The van der Waals surface area contributed by atoms with Gasteiger partial charge in [0, 0.05) is 24.7 Å². The van der Waals surface area contributed by atoms with Gasteiger partial charge in [-0.1, -0.05) is 0 Å². The van der Waals surface area contributed by atoms with Crippen molar-refractivity contribution in [2.45, 2.75) is 0 Å². The standard InChI is InChI=1S/C13H14N2O2/c16-11-1-2-12-10(9-11)3-4-14-13(12)15-5-7-17-8-6-15/h1-4,9,16H,5-8H2. The van der Waals surface area contributed by atoms with E-state index in [0.717, 1.165) is 42.9 Å². The number of hydrogen-bond acceptors (Lipinski definition) is 4. The Morgan fingerprint density at radius 3 is 2.82 bits per heavy atom. The Balaban J connectivity index is 2.09. The molecule has 0 radical (unpaired) electrons. The zero-order valence-corrected chi connectivity index (χ0v) is 9.47. The lowest BCUT2D eigenvalue weighted by Crippen LogP contribution is -2.36. The maximum atomic E-state index is 9.48. The Hall–Kier alpha value is -1.81. The lowest BCUT2D eigenvalue weighted by atomic mass is 10.1. The molecular formula is C13H14N2O2. The largest absolute Gasteiger partial charge is 0.508 e. The van der Waals surface area contributed by atoms with Gasteiger partial charge in [-0.15, -0.1) is 0 Å². The van der Waals surface area contributed by atoms with Crippen LogP contribution in [-0.4, -0.2) is 36.4 Å². The van der Waals surface area contributed by atoms with E-state index >= 15 is 0 Å². The molecule has 1 saturated heterocycles. The van der Waals surface area contributed by atoms with Crippen molar-refractivity contribution in [3.05, 3.63) is 30.5 Å². The smallest absolute Gasteiger partial charge is 0.136 e. The van der Waals surface area contributed by atoms with Crippen LogP contribution in [0.3, 0.4) is 0 Å². The van der Waals surface area contributed by atoms with E-state index in [1.54, 1.807) is 18.3 Å². The third-order valence-electron chi connectivity index (χ3n) is 3.04. The van der Waals surface area contributed by atoms with Crippen molar-refractivity contribution in [2.75, 3.05) is 31.2 Å². The van der Waals surface area contributed by atoms with Crippen LogP contribution in [0.4, 0.5) is 5.82 Å². The van der Waals surface area contributed by atoms with Gasteiger partial charge in [0.1, 0.15) is 11.6 Å². The first-order valence-corrected chi connectivity index (χ1v) is 5.75. The van der Waals surface area contributed by atoms with Crippen LogP contribution < -0.4 is 4.90 Å². The molecule has 1 aliphatic rings. The molecule has 0 spiro atoms. The molecule has 1 aliphatic heterocycles. The van der Waals surface area contributed by atoms with Gasteiger partial charge < -0.3 is 14.7 Å². The number of nitrogens with zero attached hydrogens (tertiary/aromatic N) is 2. The number of morpholine rings is 1. The van der Waals surface area contributed by atoms with Crippen molar-refractivity contribution < 1.29 is 9.84 Å². The quantitative estimate of drug-likeness (QED) is 0.811. The first-order chi connectivity index (χ1) is 8.34. The topological polar surface area (TPSA) is 45.6 Å². The van der Waals surface area contributed by atoms with Gasteiger partial charge in [0.25, 0.3) is 0 Å². The predicted octanol–water partition coefficient (Wildman–Crippen LogP) is 1.78. The van der Waals surface area contributed by atoms with Crippen LogP contribution in [0.25, 0.3) is 10.8 Å². The molecule has 0 atom stereocenters. The Morgan fingerprint density at radius 1 is 1.18 bits per heavy atom. The molecular weight excluding hydrogens is 216 g/mol. The van der Waals surface area contributed by atoms with E-state index in [4.69, 9.17) is 4.74 Å². The van der Waals surface area contributed by atoms with Crippen molar-refractivity contribution in [1.29, 1.82) is 0 Å². The fourth-order valence-corrected chi connectivity index (χ4v) is 2.18. The number of phenolic OH excluding ortho intramolecular Hbond substituents is 1. The molecule has 1 fully saturated rings. The highest BCUT2D eigenvalue weighted by Crippen LogP contribution is 2.27. The third-order valence-corrected chi connectivity index (χ3v) is 3.04. The van der Waals surface area contributed by atoms with E-state index in [1.165, 1.54) is 0 Å². The Kier molecular flexibility index (Phi) is 2.57. The molecule has 4 heteroatoms. The van der Waals surface area contributed by atoms with Gasteiger partial charge >= 0.3 is 0 Å². The number of fused-ring (bicyclic) bond motifs is 1. The number of ether oxygens (including phenoxy) is 1. The molecule has 0 saturated carbocycles. The van der Waals surface area contributed by atoms with Crippen LogP contribution in [0.5, 0.6) is 5.75 Å². The summed E-state index contributed by atoms with van der Waals surface area (Å²) in [6.07, 6.45) is 1.78. The monoisotopic (exact) mass is 230 g/mol. The molecule has 0 unspecified atom stereocenters. The van der Waals surface area contributed by atoms with Crippen molar-refractivity contribution in [3.63, 3.8) is 0 Å². The highest BCUT2D eigenvalue weighted by Gasteiger charge is 2.14. The lowest BCUT2D eigenvalue weighted by Gasteiger charge is -2.28. The Bertz CT molecular complexity index is 536. The normalized spacial score (nSPS) is 16.4. The summed E-state index contributed by atoms with van der Waals surface area (Å²) < 4.78 is 5.34. The number of pyridine rings is 1. The summed E-state index contributed by atoms with van der Waals surface area (Å²) in [4.78, 5) is 6.67. The summed E-state index contributed by atoms with van der Waals surface area (Å²) in [6, 6.07) is 7.30. The second-order valence-electron chi connectivity index (χ2n) is 4.14. The minimum absolute atomic E-state index is 0.289. The average Bonchev–Trinajstić information content (AvgIpc) is 2.39. The molecule has 2 aromatic rings. The second-order valence-corrected chi connectivity index (χ2v) is 4.14. The van der Waals surface area contributed by atoms with Gasteiger partial charge in [-0.3, -0.25) is 0 Å². The van der Waals surface area contributed by atoms with Gasteiger partial charge in [0.05, 0.1) is 13.2 Å². The summed E-state index contributed by atoms with van der Waals surface area (Å²) >= 11 is 0. The highest BCUT2D eigenvalue weighted by atomic mass is 16.5. The summed E-state index contributed by atoms with van der Waals surface area (Å²) in [6.45, 7) is 3.23. The molecule has 1 aromatic carbocycles. The van der Waals surface area contributed by atoms with Gasteiger partial charge in [0.2, 0.25) is 0 Å². The molecule has 1 aromatic heterocycles. The zero-order chi connectivity index (χ0) is 11.7. The van der Waals surface area contributed by atoms with Crippen molar-refractivity contribution in [1.82, 2.24) is 4.98 Å². The molecule has 0 amide bonds. The highest BCUT2D eigenvalue weighted by molar-refractivity contribution is 5.93. The fourth-order valence-electron chi connectivity index (χ4n) is 2.18. The Labute approximate surface area is 99.5 Å². The van der Waals surface area contributed by atoms with Gasteiger partial charge in [-0.05, 0) is 29.7 Å². The first-order valence-electron chi connectivity index (χ1n) is 5.75. The van der Waals surface area contributed by atoms with Crippen LogP contribution >= 0.6 is 0 Å². The van der Waals surface area contributed by atoms with Crippen LogP contribution in [0.1, 0.15) is 0 Å². The van der Waals surface area contributed by atoms with Crippen LogP contribution in [-0.2, 0) is 4.74 Å². The molecule has 0 bridgehead atoms. The zero-order valence-electron chi connectivity index (χ0n) is 9.47. The molecule has 4 nitrogen and oxygen atoms in total. The van der Waals surface area contributed by atoms with Crippen molar-refractivity contribution in [2.24, 2.45) is 0 Å². The van der Waals surface area contributed by atoms with Gasteiger partial charge in [-0.25, -0.2) is 4.98 Å². The number of aromatic hydroxyl groups is 1. The Morgan fingerprint density at radius 2 is 2.00 bits per heavy atom. The van der Waals surface area contributed by atoms with Crippen LogP contribution in [0, 0.1) is 0 Å². The predicted molar refractivity (Wildman–Crippen MR) is 66.4 cm³/mol. The lowest BCUT2D eigenvalue weighted by molar-refractivity contribution is 0.122. The number of anilines is 1. The number of hydrogen-bond donors (Lipinski definition) is 1. The van der Waals surface area contributed by atoms with E-state index in [2.05, 4.69) is 9.88 Å². The maximum absolute atomic E-state index is 9.48. The van der Waals surface area contributed by atoms with E-state index < -0.39 is 0 Å². The number of phenols is 1. The average molecular weight is 230 g/mol. The molecule has 3 rings (SSSR count). The second kappa shape index (κ2) is 4.22. The molecule has 0 aliphatic carbocycles. The molecule has 88 valence electrons. The number of aromatic nitrogens is 1. The number of benzene rings is 1. The molecule has 1 N–H and O–H groups in total. The van der Waals surface area contributed by atoms with Gasteiger partial charge in [0.15, 0.2) is 0 Å². The fraction of sp³-hybridized carbons (Fsp3) is 0.308. The third kappa shape index (κ3) is 1.91. The summed E-state index contributed by atoms with van der Waals surface area (Å²) in [5.41, 5.74) is 0. The van der Waals surface area contributed by atoms with Crippen molar-refractivity contribution >= 4 is 16.6 Å². The minimum Gasteiger partial charge on any atom is -0.508 e. The SMILES string of the molecule is Oc1ccc2c(N3CCOCC3)nccc2c1. The van der Waals surface area contributed by atoms with E-state index in [9.17, 15) is 5.11 Å². The van der Waals surface area contributed by atoms with Crippen molar-refractivity contribution in [3.8, 4) is 5.75 Å².